The van der Waals surface area contributed by atoms with Crippen molar-refractivity contribution < 1.29 is 9.53 Å². The standard InChI is InChI=1S/C16H23N3O2/c1-17-16(20)6-9-19-8-5-14-11-13(3-4-15(14)19)12-18-7-10-21-2/h3-5,8,11,18H,6-7,9-10,12H2,1-2H3,(H,17,20). The van der Waals surface area contributed by atoms with Crippen molar-refractivity contribution in [1.29, 1.82) is 0 Å². The Morgan fingerprint density at radius 3 is 2.95 bits per heavy atom. The molecule has 0 atom stereocenters. The summed E-state index contributed by atoms with van der Waals surface area (Å²) in [6, 6.07) is 8.52. The average Bonchev–Trinajstić information content (AvgIpc) is 2.91. The number of carbonyl (C=O) groups is 1. The number of ether oxygens (including phenoxy) is 1. The molecule has 0 saturated carbocycles. The van der Waals surface area contributed by atoms with E-state index in [1.165, 1.54) is 16.5 Å². The van der Waals surface area contributed by atoms with Gasteiger partial charge in [-0.05, 0) is 29.1 Å². The molecule has 2 rings (SSSR count). The van der Waals surface area contributed by atoms with Gasteiger partial charge in [-0.25, -0.2) is 0 Å². The Morgan fingerprint density at radius 1 is 1.33 bits per heavy atom. The third-order valence-electron chi connectivity index (χ3n) is 3.51. The topological polar surface area (TPSA) is 55.3 Å². The highest BCUT2D eigenvalue weighted by molar-refractivity contribution is 5.81. The van der Waals surface area contributed by atoms with Gasteiger partial charge in [0.2, 0.25) is 5.91 Å². The van der Waals surface area contributed by atoms with Gasteiger partial charge in [-0.1, -0.05) is 6.07 Å². The molecule has 0 aliphatic heterocycles. The fourth-order valence-corrected chi connectivity index (χ4v) is 2.31. The summed E-state index contributed by atoms with van der Waals surface area (Å²) >= 11 is 0. The summed E-state index contributed by atoms with van der Waals surface area (Å²) in [5.41, 5.74) is 2.42. The van der Waals surface area contributed by atoms with Crippen LogP contribution in [0.25, 0.3) is 10.9 Å². The quantitative estimate of drug-likeness (QED) is 0.724. The fraction of sp³-hybridized carbons (Fsp3) is 0.438. The number of aromatic nitrogens is 1. The first kappa shape index (κ1) is 15.5. The molecule has 5 nitrogen and oxygen atoms in total. The fourth-order valence-electron chi connectivity index (χ4n) is 2.31. The van der Waals surface area contributed by atoms with E-state index in [0.717, 1.165) is 19.7 Å². The molecular formula is C16H23N3O2. The molecule has 2 aromatic rings. The van der Waals surface area contributed by atoms with E-state index in [1.54, 1.807) is 14.2 Å². The van der Waals surface area contributed by atoms with Gasteiger partial charge in [0, 0.05) is 51.9 Å². The van der Waals surface area contributed by atoms with E-state index in [4.69, 9.17) is 4.74 Å². The van der Waals surface area contributed by atoms with Crippen LogP contribution in [0.5, 0.6) is 0 Å². The summed E-state index contributed by atoms with van der Waals surface area (Å²) in [6.07, 6.45) is 2.54. The minimum Gasteiger partial charge on any atom is -0.383 e. The number of fused-ring (bicyclic) bond motifs is 1. The van der Waals surface area contributed by atoms with Gasteiger partial charge < -0.3 is 19.9 Å². The first-order valence-corrected chi connectivity index (χ1v) is 7.22. The summed E-state index contributed by atoms with van der Waals surface area (Å²) in [7, 11) is 3.37. The molecule has 0 spiro atoms. The minimum atomic E-state index is 0.0656. The highest BCUT2D eigenvalue weighted by Crippen LogP contribution is 2.18. The highest BCUT2D eigenvalue weighted by Gasteiger charge is 2.04. The Hall–Kier alpha value is -1.85. The van der Waals surface area contributed by atoms with E-state index >= 15 is 0 Å². The zero-order chi connectivity index (χ0) is 15.1. The second kappa shape index (κ2) is 7.81. The van der Waals surface area contributed by atoms with Crippen molar-refractivity contribution in [2.45, 2.75) is 19.5 Å². The number of aryl methyl sites for hydroxylation is 1. The zero-order valence-electron chi connectivity index (χ0n) is 12.7. The predicted molar refractivity (Wildman–Crippen MR) is 84.2 cm³/mol. The number of nitrogens with zero attached hydrogens (tertiary/aromatic N) is 1. The molecule has 1 aromatic heterocycles. The van der Waals surface area contributed by atoms with E-state index in [2.05, 4.69) is 39.5 Å². The molecule has 114 valence electrons. The van der Waals surface area contributed by atoms with E-state index in [-0.39, 0.29) is 5.91 Å². The van der Waals surface area contributed by atoms with Crippen LogP contribution in [0.3, 0.4) is 0 Å². The van der Waals surface area contributed by atoms with Gasteiger partial charge in [0.1, 0.15) is 0 Å². The summed E-state index contributed by atoms with van der Waals surface area (Å²) in [6.45, 7) is 3.11. The summed E-state index contributed by atoms with van der Waals surface area (Å²) in [4.78, 5) is 11.3. The van der Waals surface area contributed by atoms with Crippen LogP contribution >= 0.6 is 0 Å². The van der Waals surface area contributed by atoms with Gasteiger partial charge in [0.25, 0.3) is 0 Å². The second-order valence-corrected chi connectivity index (χ2v) is 5.00. The Kier molecular flexibility index (Phi) is 5.78. The molecule has 1 heterocycles. The maximum absolute atomic E-state index is 11.3. The number of carbonyl (C=O) groups excluding carboxylic acids is 1. The van der Waals surface area contributed by atoms with Gasteiger partial charge in [-0.3, -0.25) is 4.79 Å². The van der Waals surface area contributed by atoms with Crippen LogP contribution in [0.4, 0.5) is 0 Å². The number of methoxy groups -OCH3 is 1. The lowest BCUT2D eigenvalue weighted by Gasteiger charge is -2.07. The maximum Gasteiger partial charge on any atom is 0.221 e. The Bertz CT molecular complexity index is 592. The van der Waals surface area contributed by atoms with Crippen LogP contribution in [-0.4, -0.2) is 37.8 Å². The molecular weight excluding hydrogens is 266 g/mol. The number of benzene rings is 1. The molecule has 0 aliphatic carbocycles. The van der Waals surface area contributed by atoms with Crippen LogP contribution in [0, 0.1) is 0 Å². The largest absolute Gasteiger partial charge is 0.383 e. The molecule has 2 N–H and O–H groups in total. The molecule has 0 fully saturated rings. The number of rotatable bonds is 8. The van der Waals surface area contributed by atoms with Crippen LogP contribution in [0.1, 0.15) is 12.0 Å². The Labute approximate surface area is 125 Å². The summed E-state index contributed by atoms with van der Waals surface area (Å²) < 4.78 is 7.13. The van der Waals surface area contributed by atoms with Crippen molar-refractivity contribution in [2.24, 2.45) is 0 Å². The van der Waals surface area contributed by atoms with Gasteiger partial charge in [-0.2, -0.15) is 0 Å². The average molecular weight is 289 g/mol. The third kappa shape index (κ3) is 4.31. The van der Waals surface area contributed by atoms with Crippen molar-refractivity contribution in [1.82, 2.24) is 15.2 Å². The van der Waals surface area contributed by atoms with Gasteiger partial charge >= 0.3 is 0 Å². The number of amides is 1. The van der Waals surface area contributed by atoms with Crippen molar-refractivity contribution >= 4 is 16.8 Å². The molecule has 21 heavy (non-hydrogen) atoms. The van der Waals surface area contributed by atoms with Crippen molar-refractivity contribution in [3.8, 4) is 0 Å². The SMILES string of the molecule is CNC(=O)CCn1ccc2cc(CNCCOC)ccc21. The first-order chi connectivity index (χ1) is 10.2. The second-order valence-electron chi connectivity index (χ2n) is 5.00. The monoisotopic (exact) mass is 289 g/mol. The molecule has 1 amide bonds. The van der Waals surface area contributed by atoms with Crippen molar-refractivity contribution in [3.05, 3.63) is 36.0 Å². The van der Waals surface area contributed by atoms with E-state index in [0.29, 0.717) is 13.0 Å². The highest BCUT2D eigenvalue weighted by atomic mass is 16.5. The molecule has 0 unspecified atom stereocenters. The lowest BCUT2D eigenvalue weighted by molar-refractivity contribution is -0.120. The lowest BCUT2D eigenvalue weighted by Crippen LogP contribution is -2.19. The summed E-state index contributed by atoms with van der Waals surface area (Å²) in [5.74, 6) is 0.0656. The summed E-state index contributed by atoms with van der Waals surface area (Å²) in [5, 5.41) is 7.19. The van der Waals surface area contributed by atoms with Gasteiger partial charge in [-0.15, -0.1) is 0 Å². The first-order valence-electron chi connectivity index (χ1n) is 7.22. The molecule has 0 aliphatic rings. The predicted octanol–water partition coefficient (Wildman–Crippen LogP) is 1.51. The van der Waals surface area contributed by atoms with Crippen LogP contribution < -0.4 is 10.6 Å². The normalized spacial score (nSPS) is 11.0. The minimum absolute atomic E-state index is 0.0656. The Morgan fingerprint density at radius 2 is 2.19 bits per heavy atom. The number of hydrogen-bond donors (Lipinski definition) is 2. The van der Waals surface area contributed by atoms with Crippen molar-refractivity contribution in [2.75, 3.05) is 27.3 Å². The van der Waals surface area contributed by atoms with E-state index in [1.807, 2.05) is 6.20 Å². The molecule has 5 heteroatoms. The zero-order valence-corrected chi connectivity index (χ0v) is 12.7. The molecule has 1 aromatic carbocycles. The van der Waals surface area contributed by atoms with Crippen LogP contribution in [0.15, 0.2) is 30.5 Å². The lowest BCUT2D eigenvalue weighted by atomic mass is 10.1. The molecule has 0 bridgehead atoms. The third-order valence-corrected chi connectivity index (χ3v) is 3.51. The molecule has 0 saturated heterocycles. The van der Waals surface area contributed by atoms with Crippen LogP contribution in [-0.2, 0) is 22.6 Å². The van der Waals surface area contributed by atoms with Gasteiger partial charge in [0.05, 0.1) is 6.61 Å². The van der Waals surface area contributed by atoms with E-state index in [9.17, 15) is 4.79 Å². The van der Waals surface area contributed by atoms with E-state index < -0.39 is 0 Å². The Balaban J connectivity index is 1.99. The van der Waals surface area contributed by atoms with Crippen LogP contribution in [0.2, 0.25) is 0 Å². The van der Waals surface area contributed by atoms with Crippen molar-refractivity contribution in [3.63, 3.8) is 0 Å². The smallest absolute Gasteiger partial charge is 0.221 e. The number of hydrogen-bond acceptors (Lipinski definition) is 3. The number of nitrogens with one attached hydrogen (secondary N) is 2. The maximum atomic E-state index is 11.3. The molecule has 0 radical (unpaired) electrons. The van der Waals surface area contributed by atoms with Gasteiger partial charge in [0.15, 0.2) is 0 Å².